The molecule has 1 aromatic rings. The van der Waals surface area contributed by atoms with E-state index in [9.17, 15) is 4.79 Å². The van der Waals surface area contributed by atoms with Crippen molar-refractivity contribution in [3.63, 3.8) is 0 Å². The number of thiophene rings is 1. The lowest BCUT2D eigenvalue weighted by atomic mass is 9.93. The predicted molar refractivity (Wildman–Crippen MR) is 108 cm³/mol. The molecular formula is C16H27IN4OS. The topological polar surface area (TPSA) is 56.7 Å². The lowest BCUT2D eigenvalue weighted by Crippen LogP contribution is -2.46. The molecule has 1 aliphatic heterocycles. The minimum atomic E-state index is 0. The van der Waals surface area contributed by atoms with Crippen molar-refractivity contribution in [2.75, 3.05) is 26.7 Å². The molecule has 0 saturated carbocycles. The summed E-state index contributed by atoms with van der Waals surface area (Å²) in [4.78, 5) is 19.8. The maximum Gasteiger partial charge on any atom is 0.220 e. The van der Waals surface area contributed by atoms with Crippen LogP contribution in [0.25, 0.3) is 0 Å². The summed E-state index contributed by atoms with van der Waals surface area (Å²) in [6.45, 7) is 5.65. The maximum atomic E-state index is 11.5. The van der Waals surface area contributed by atoms with E-state index in [4.69, 9.17) is 4.99 Å². The fourth-order valence-electron chi connectivity index (χ4n) is 2.69. The van der Waals surface area contributed by atoms with Crippen LogP contribution in [0.5, 0.6) is 0 Å². The van der Waals surface area contributed by atoms with E-state index in [2.05, 4.69) is 40.0 Å². The van der Waals surface area contributed by atoms with Crippen LogP contribution in [0.4, 0.5) is 0 Å². The molecule has 0 radical (unpaired) electrons. The predicted octanol–water partition coefficient (Wildman–Crippen LogP) is 2.68. The van der Waals surface area contributed by atoms with Crippen molar-refractivity contribution in [1.82, 2.24) is 15.5 Å². The number of hydrogen-bond acceptors (Lipinski definition) is 3. The summed E-state index contributed by atoms with van der Waals surface area (Å²) < 4.78 is 0. The first-order valence-electron chi connectivity index (χ1n) is 7.99. The van der Waals surface area contributed by atoms with E-state index >= 15 is 0 Å². The van der Waals surface area contributed by atoms with Crippen LogP contribution < -0.4 is 10.6 Å². The lowest BCUT2D eigenvalue weighted by molar-refractivity contribution is -0.121. The summed E-state index contributed by atoms with van der Waals surface area (Å²) in [6.07, 6.45) is 2.75. The molecule has 1 amide bonds. The Morgan fingerprint density at radius 2 is 2.17 bits per heavy atom. The van der Waals surface area contributed by atoms with Gasteiger partial charge >= 0.3 is 0 Å². The zero-order valence-electron chi connectivity index (χ0n) is 13.9. The number of carbonyl (C=O) groups excluding carboxylic acids is 1. The van der Waals surface area contributed by atoms with Gasteiger partial charge in [-0.2, -0.15) is 0 Å². The fraction of sp³-hybridized carbons (Fsp3) is 0.625. The summed E-state index contributed by atoms with van der Waals surface area (Å²) in [5.41, 5.74) is 0. The summed E-state index contributed by atoms with van der Waals surface area (Å²) in [6, 6.07) is 4.18. The number of carbonyl (C=O) groups is 1. The molecule has 7 heteroatoms. The monoisotopic (exact) mass is 450 g/mol. The van der Waals surface area contributed by atoms with Gasteiger partial charge in [0.1, 0.15) is 0 Å². The van der Waals surface area contributed by atoms with Crippen molar-refractivity contribution in [1.29, 1.82) is 0 Å². The average Bonchev–Trinajstić information content (AvgIpc) is 3.05. The number of likely N-dealkylation sites (tertiary alicyclic amines) is 1. The van der Waals surface area contributed by atoms with Crippen LogP contribution in [0.1, 0.15) is 31.1 Å². The van der Waals surface area contributed by atoms with E-state index < -0.39 is 0 Å². The van der Waals surface area contributed by atoms with Crippen LogP contribution in [0.15, 0.2) is 22.5 Å². The average molecular weight is 450 g/mol. The van der Waals surface area contributed by atoms with Gasteiger partial charge in [0.05, 0.1) is 6.54 Å². The van der Waals surface area contributed by atoms with Crippen LogP contribution in [0, 0.1) is 5.92 Å². The molecule has 2 heterocycles. The molecule has 0 aromatic carbocycles. The first-order chi connectivity index (χ1) is 10.7. The summed E-state index contributed by atoms with van der Waals surface area (Å²) >= 11 is 1.74. The van der Waals surface area contributed by atoms with Gasteiger partial charge in [0.25, 0.3) is 0 Å². The van der Waals surface area contributed by atoms with Gasteiger partial charge in [-0.25, -0.2) is 4.99 Å². The highest BCUT2D eigenvalue weighted by molar-refractivity contribution is 14.0. The van der Waals surface area contributed by atoms with Crippen LogP contribution in [-0.4, -0.2) is 43.4 Å². The number of hydrogen-bond donors (Lipinski definition) is 2. The van der Waals surface area contributed by atoms with Crippen molar-refractivity contribution in [2.24, 2.45) is 10.9 Å². The molecule has 2 rings (SSSR count). The van der Waals surface area contributed by atoms with Gasteiger partial charge in [0.15, 0.2) is 5.96 Å². The molecule has 1 saturated heterocycles. The molecule has 1 aliphatic rings. The summed E-state index contributed by atoms with van der Waals surface area (Å²) in [7, 11) is 1.71. The third-order valence-corrected chi connectivity index (χ3v) is 4.83. The Balaban J connectivity index is 0.00000264. The standard InChI is InChI=1S/C16H26N4OS.HI/c1-3-18-16(19-12-14-5-4-10-22-14)20-8-6-13(7-9-20)11-15(21)17-2;/h4-5,10,13H,3,6-9,11-12H2,1-2H3,(H,17,21)(H,18,19);1H. The number of amides is 1. The van der Waals surface area contributed by atoms with Crippen LogP contribution in [0.2, 0.25) is 0 Å². The van der Waals surface area contributed by atoms with Crippen LogP contribution >= 0.6 is 35.3 Å². The number of rotatable bonds is 5. The van der Waals surface area contributed by atoms with Crippen molar-refractivity contribution in [2.45, 2.75) is 32.7 Å². The highest BCUT2D eigenvalue weighted by Crippen LogP contribution is 2.20. The highest BCUT2D eigenvalue weighted by Gasteiger charge is 2.22. The van der Waals surface area contributed by atoms with Gasteiger partial charge in [0, 0.05) is 38.0 Å². The quantitative estimate of drug-likeness (QED) is 0.412. The first-order valence-corrected chi connectivity index (χ1v) is 8.87. The molecule has 0 bridgehead atoms. The second-order valence-electron chi connectivity index (χ2n) is 5.56. The Bertz CT molecular complexity index is 484. The van der Waals surface area contributed by atoms with E-state index in [1.165, 1.54) is 4.88 Å². The van der Waals surface area contributed by atoms with E-state index in [1.807, 2.05) is 0 Å². The van der Waals surface area contributed by atoms with Gasteiger partial charge in [-0.3, -0.25) is 4.79 Å². The van der Waals surface area contributed by atoms with Crippen molar-refractivity contribution in [3.05, 3.63) is 22.4 Å². The van der Waals surface area contributed by atoms with Gasteiger partial charge in [0.2, 0.25) is 5.91 Å². The van der Waals surface area contributed by atoms with Gasteiger partial charge in [-0.05, 0) is 37.1 Å². The first kappa shape index (κ1) is 20.2. The maximum absolute atomic E-state index is 11.5. The second kappa shape index (κ2) is 10.9. The Labute approximate surface area is 160 Å². The van der Waals surface area contributed by atoms with Crippen molar-refractivity contribution < 1.29 is 4.79 Å². The summed E-state index contributed by atoms with van der Waals surface area (Å²) in [5.74, 6) is 1.64. The third-order valence-electron chi connectivity index (χ3n) is 3.97. The van der Waals surface area contributed by atoms with Gasteiger partial charge in [-0.1, -0.05) is 6.07 Å². The van der Waals surface area contributed by atoms with Crippen LogP contribution in [0.3, 0.4) is 0 Å². The molecule has 2 N–H and O–H groups in total. The van der Waals surface area contributed by atoms with E-state index in [1.54, 1.807) is 18.4 Å². The molecule has 1 aromatic heterocycles. The SMILES string of the molecule is CCNC(=NCc1cccs1)N1CCC(CC(=O)NC)CC1.I. The fourth-order valence-corrected chi connectivity index (χ4v) is 3.32. The van der Waals surface area contributed by atoms with Gasteiger partial charge < -0.3 is 15.5 Å². The van der Waals surface area contributed by atoms with E-state index in [0.29, 0.717) is 12.3 Å². The smallest absolute Gasteiger partial charge is 0.220 e. The molecule has 0 unspecified atom stereocenters. The number of nitrogens with zero attached hydrogens (tertiary/aromatic N) is 2. The Morgan fingerprint density at radius 1 is 1.43 bits per heavy atom. The highest BCUT2D eigenvalue weighted by atomic mass is 127. The zero-order chi connectivity index (χ0) is 15.8. The molecule has 0 atom stereocenters. The molecule has 1 fully saturated rings. The Morgan fingerprint density at radius 3 is 2.74 bits per heavy atom. The number of halogens is 1. The van der Waals surface area contributed by atoms with E-state index in [-0.39, 0.29) is 29.9 Å². The number of guanidine groups is 1. The molecular weight excluding hydrogens is 423 g/mol. The minimum absolute atomic E-state index is 0. The molecule has 23 heavy (non-hydrogen) atoms. The molecule has 0 aliphatic carbocycles. The molecule has 5 nitrogen and oxygen atoms in total. The van der Waals surface area contributed by atoms with Gasteiger partial charge in [-0.15, -0.1) is 35.3 Å². The Hall–Kier alpha value is -0.830. The van der Waals surface area contributed by atoms with Crippen LogP contribution in [-0.2, 0) is 11.3 Å². The number of piperidine rings is 1. The van der Waals surface area contributed by atoms with Crippen molar-refractivity contribution in [3.8, 4) is 0 Å². The third kappa shape index (κ3) is 6.66. The minimum Gasteiger partial charge on any atom is -0.359 e. The second-order valence-corrected chi connectivity index (χ2v) is 6.59. The lowest BCUT2D eigenvalue weighted by Gasteiger charge is -2.34. The number of aliphatic imine (C=N–C) groups is 1. The normalized spacial score (nSPS) is 15.9. The Kier molecular flexibility index (Phi) is 9.54. The molecule has 0 spiro atoms. The van der Waals surface area contributed by atoms with E-state index in [0.717, 1.165) is 45.0 Å². The zero-order valence-corrected chi connectivity index (χ0v) is 17.0. The summed E-state index contributed by atoms with van der Waals surface area (Å²) in [5, 5.41) is 8.18. The number of nitrogens with one attached hydrogen (secondary N) is 2. The largest absolute Gasteiger partial charge is 0.359 e. The van der Waals surface area contributed by atoms with Crippen molar-refractivity contribution >= 4 is 47.2 Å². The molecule has 130 valence electrons.